The summed E-state index contributed by atoms with van der Waals surface area (Å²) in [6.45, 7) is 0.605. The first-order chi connectivity index (χ1) is 15.4. The van der Waals surface area contributed by atoms with Gasteiger partial charge in [-0.05, 0) is 61.8 Å². The van der Waals surface area contributed by atoms with Crippen molar-refractivity contribution < 1.29 is 19.5 Å². The van der Waals surface area contributed by atoms with Crippen molar-refractivity contribution in [3.05, 3.63) is 29.8 Å². The lowest BCUT2D eigenvalue weighted by Crippen LogP contribution is -2.48. The molecule has 3 rings (SSSR count). The van der Waals surface area contributed by atoms with Crippen molar-refractivity contribution >= 4 is 23.5 Å². The van der Waals surface area contributed by atoms with Gasteiger partial charge in [0.2, 0.25) is 11.8 Å². The number of hydrogen-bond acceptors (Lipinski definition) is 4. The SMILES string of the molecule is NC[C@H]1CCC[C@H](C(=O)N[C@@H](CC2CCCCC2)C(=O)Nc2ccc(CC(=O)O)cc2)C1. The van der Waals surface area contributed by atoms with Crippen LogP contribution in [0.15, 0.2) is 24.3 Å². The Hall–Kier alpha value is -2.41. The van der Waals surface area contributed by atoms with Gasteiger partial charge in [0.15, 0.2) is 0 Å². The molecule has 32 heavy (non-hydrogen) atoms. The summed E-state index contributed by atoms with van der Waals surface area (Å²) >= 11 is 0. The van der Waals surface area contributed by atoms with Crippen LogP contribution in [0.2, 0.25) is 0 Å². The van der Waals surface area contributed by atoms with Crippen LogP contribution in [0.3, 0.4) is 0 Å². The van der Waals surface area contributed by atoms with Gasteiger partial charge < -0.3 is 21.5 Å². The third kappa shape index (κ3) is 7.33. The largest absolute Gasteiger partial charge is 0.481 e. The van der Waals surface area contributed by atoms with Crippen LogP contribution in [0, 0.1) is 17.8 Å². The number of amides is 2. The van der Waals surface area contributed by atoms with E-state index in [1.807, 2.05) is 0 Å². The summed E-state index contributed by atoms with van der Waals surface area (Å²) in [7, 11) is 0. The molecule has 2 aliphatic carbocycles. The zero-order valence-corrected chi connectivity index (χ0v) is 18.9. The average Bonchev–Trinajstić information content (AvgIpc) is 2.80. The molecule has 0 radical (unpaired) electrons. The molecule has 2 saturated carbocycles. The maximum Gasteiger partial charge on any atom is 0.307 e. The minimum Gasteiger partial charge on any atom is -0.481 e. The molecular formula is C25H37N3O4. The van der Waals surface area contributed by atoms with Crippen molar-refractivity contribution in [2.45, 2.75) is 76.7 Å². The fraction of sp³-hybridized carbons (Fsp3) is 0.640. The summed E-state index contributed by atoms with van der Waals surface area (Å²) in [6.07, 6.45) is 10.1. The van der Waals surface area contributed by atoms with Crippen molar-refractivity contribution in [2.24, 2.45) is 23.5 Å². The summed E-state index contributed by atoms with van der Waals surface area (Å²) in [5.41, 5.74) is 7.11. The van der Waals surface area contributed by atoms with Crippen molar-refractivity contribution in [3.63, 3.8) is 0 Å². The molecule has 0 saturated heterocycles. The number of carboxylic acid groups (broad SMARTS) is 1. The molecule has 0 heterocycles. The first kappa shape index (κ1) is 24.2. The average molecular weight is 444 g/mol. The van der Waals surface area contributed by atoms with Gasteiger partial charge in [0.25, 0.3) is 0 Å². The monoisotopic (exact) mass is 443 g/mol. The van der Waals surface area contributed by atoms with Crippen LogP contribution in [0.4, 0.5) is 5.69 Å². The Morgan fingerprint density at radius 3 is 2.31 bits per heavy atom. The van der Waals surface area contributed by atoms with Gasteiger partial charge in [0.1, 0.15) is 6.04 Å². The van der Waals surface area contributed by atoms with E-state index in [1.165, 1.54) is 19.3 Å². The van der Waals surface area contributed by atoms with Crippen LogP contribution >= 0.6 is 0 Å². The van der Waals surface area contributed by atoms with E-state index in [0.717, 1.165) is 38.5 Å². The molecule has 5 N–H and O–H groups in total. The van der Waals surface area contributed by atoms with E-state index in [9.17, 15) is 14.4 Å². The summed E-state index contributed by atoms with van der Waals surface area (Å²) in [5, 5.41) is 14.9. The molecule has 0 aromatic heterocycles. The summed E-state index contributed by atoms with van der Waals surface area (Å²) in [6, 6.07) is 6.26. The summed E-state index contributed by atoms with van der Waals surface area (Å²) in [5.74, 6) is -0.377. The Balaban J connectivity index is 1.64. The maximum atomic E-state index is 13.1. The summed E-state index contributed by atoms with van der Waals surface area (Å²) in [4.78, 5) is 37.0. The van der Waals surface area contributed by atoms with E-state index in [0.29, 0.717) is 36.1 Å². The summed E-state index contributed by atoms with van der Waals surface area (Å²) < 4.78 is 0. The minimum atomic E-state index is -0.892. The molecule has 1 aromatic rings. The Bertz CT molecular complexity index is 774. The number of aliphatic carboxylic acids is 1. The van der Waals surface area contributed by atoms with Crippen molar-refractivity contribution in [3.8, 4) is 0 Å². The zero-order valence-electron chi connectivity index (χ0n) is 18.9. The lowest BCUT2D eigenvalue weighted by Gasteiger charge is -2.30. The number of nitrogens with one attached hydrogen (secondary N) is 2. The quantitative estimate of drug-likeness (QED) is 0.466. The molecule has 0 bridgehead atoms. The molecule has 0 unspecified atom stereocenters. The third-order valence-electron chi connectivity index (χ3n) is 6.99. The van der Waals surface area contributed by atoms with Crippen molar-refractivity contribution in [1.82, 2.24) is 5.32 Å². The van der Waals surface area contributed by atoms with Gasteiger partial charge in [-0.1, -0.05) is 50.7 Å². The number of rotatable bonds is 9. The molecule has 0 aliphatic heterocycles. The van der Waals surface area contributed by atoms with Gasteiger partial charge in [0, 0.05) is 11.6 Å². The van der Waals surface area contributed by atoms with Crippen molar-refractivity contribution in [2.75, 3.05) is 11.9 Å². The van der Waals surface area contributed by atoms with Crippen LogP contribution in [0.25, 0.3) is 0 Å². The van der Waals surface area contributed by atoms with Gasteiger partial charge in [-0.25, -0.2) is 0 Å². The molecule has 2 amide bonds. The van der Waals surface area contributed by atoms with Gasteiger partial charge in [-0.2, -0.15) is 0 Å². The number of benzene rings is 1. The van der Waals surface area contributed by atoms with E-state index in [-0.39, 0.29) is 24.2 Å². The third-order valence-corrected chi connectivity index (χ3v) is 6.99. The number of nitrogens with two attached hydrogens (primary N) is 1. The molecule has 7 nitrogen and oxygen atoms in total. The Labute approximate surface area is 190 Å². The second kappa shape index (κ2) is 12.0. The van der Waals surface area contributed by atoms with Crippen LogP contribution in [-0.2, 0) is 20.8 Å². The maximum absolute atomic E-state index is 13.1. The second-order valence-corrected chi connectivity index (χ2v) is 9.52. The predicted molar refractivity (Wildman–Crippen MR) is 124 cm³/mol. The zero-order chi connectivity index (χ0) is 22.9. The molecule has 3 atom stereocenters. The number of anilines is 1. The fourth-order valence-electron chi connectivity index (χ4n) is 5.13. The first-order valence-corrected chi connectivity index (χ1v) is 12.1. The van der Waals surface area contributed by atoms with E-state index in [2.05, 4.69) is 10.6 Å². The van der Waals surface area contributed by atoms with Crippen LogP contribution in [0.5, 0.6) is 0 Å². The molecule has 7 heteroatoms. The van der Waals surface area contributed by atoms with Gasteiger partial charge >= 0.3 is 5.97 Å². The highest BCUT2D eigenvalue weighted by Crippen LogP contribution is 2.30. The highest BCUT2D eigenvalue weighted by Gasteiger charge is 2.31. The van der Waals surface area contributed by atoms with Gasteiger partial charge in [0.05, 0.1) is 6.42 Å². The first-order valence-electron chi connectivity index (χ1n) is 12.1. The predicted octanol–water partition coefficient (Wildman–Crippen LogP) is 3.47. The standard InChI is InChI=1S/C25H37N3O4/c26-16-19-7-4-8-20(13-19)24(31)28-22(14-17-5-2-1-3-6-17)25(32)27-21-11-9-18(10-12-21)15-23(29)30/h9-12,17,19-20,22H,1-8,13-16,26H2,(H,27,32)(H,28,31)(H,29,30)/t19-,20-,22-/m0/s1. The highest BCUT2D eigenvalue weighted by molar-refractivity contribution is 5.97. The second-order valence-electron chi connectivity index (χ2n) is 9.52. The Morgan fingerprint density at radius 1 is 0.969 bits per heavy atom. The lowest BCUT2D eigenvalue weighted by molar-refractivity contribution is -0.136. The van der Waals surface area contributed by atoms with E-state index in [4.69, 9.17) is 10.8 Å². The smallest absolute Gasteiger partial charge is 0.307 e. The minimum absolute atomic E-state index is 0.0316. The molecule has 0 spiro atoms. The molecule has 1 aromatic carbocycles. The van der Waals surface area contributed by atoms with Gasteiger partial charge in [-0.3, -0.25) is 14.4 Å². The molecule has 176 valence electrons. The molecule has 2 aliphatic rings. The van der Waals surface area contributed by atoms with Gasteiger partial charge in [-0.15, -0.1) is 0 Å². The number of carboxylic acids is 1. The number of carbonyl (C=O) groups excluding carboxylic acids is 2. The van der Waals surface area contributed by atoms with Crippen LogP contribution in [0.1, 0.15) is 69.8 Å². The molecule has 2 fully saturated rings. The normalized spacial score (nSPS) is 22.7. The Kier molecular flexibility index (Phi) is 9.09. The highest BCUT2D eigenvalue weighted by atomic mass is 16.4. The number of hydrogen-bond donors (Lipinski definition) is 4. The van der Waals surface area contributed by atoms with Crippen molar-refractivity contribution in [1.29, 1.82) is 0 Å². The molecular weight excluding hydrogens is 406 g/mol. The number of carbonyl (C=O) groups is 3. The van der Waals surface area contributed by atoms with Crippen LogP contribution in [-0.4, -0.2) is 35.5 Å². The van der Waals surface area contributed by atoms with E-state index in [1.54, 1.807) is 24.3 Å². The van der Waals surface area contributed by atoms with E-state index < -0.39 is 12.0 Å². The lowest BCUT2D eigenvalue weighted by atomic mass is 9.80. The van der Waals surface area contributed by atoms with E-state index >= 15 is 0 Å². The fourth-order valence-corrected chi connectivity index (χ4v) is 5.13. The topological polar surface area (TPSA) is 122 Å². The Morgan fingerprint density at radius 2 is 1.66 bits per heavy atom. The van der Waals surface area contributed by atoms with Crippen LogP contribution < -0.4 is 16.4 Å².